The second kappa shape index (κ2) is 6.50. The predicted molar refractivity (Wildman–Crippen MR) is 110 cm³/mol. The lowest BCUT2D eigenvalue weighted by Crippen LogP contribution is -2.50. The lowest BCUT2D eigenvalue weighted by molar-refractivity contribution is -0.114. The number of piperidine rings is 1. The van der Waals surface area contributed by atoms with Gasteiger partial charge in [-0.2, -0.15) is 12.6 Å². The van der Waals surface area contributed by atoms with Crippen LogP contribution in [0, 0.1) is 5.92 Å². The third-order valence-electron chi connectivity index (χ3n) is 6.96. The molecule has 1 saturated heterocycles. The number of H-pyrrole nitrogens is 1. The predicted octanol–water partition coefficient (Wildman–Crippen LogP) is 3.21. The number of carbonyl (C=O) groups is 1. The summed E-state index contributed by atoms with van der Waals surface area (Å²) in [6, 6.07) is 7.02. The Morgan fingerprint density at radius 3 is 2.96 bits per heavy atom. The van der Waals surface area contributed by atoms with Crippen molar-refractivity contribution >= 4 is 29.3 Å². The Balaban J connectivity index is 1.52. The SMILES string of the molecule is CN1CC(C(O)C2=CC(=O)CC2)C[C@@H]2c3cccc4[nH]c(CS)c(c34)C[C@H]21. The molecule has 0 amide bonds. The Morgan fingerprint density at radius 2 is 2.22 bits per heavy atom. The van der Waals surface area contributed by atoms with Crippen LogP contribution in [0.5, 0.6) is 0 Å². The summed E-state index contributed by atoms with van der Waals surface area (Å²) in [5.41, 5.74) is 6.21. The topological polar surface area (TPSA) is 56.3 Å². The molecular weight excluding hydrogens is 356 g/mol. The molecule has 27 heavy (non-hydrogen) atoms. The minimum absolute atomic E-state index is 0.157. The number of thiol groups is 1. The minimum atomic E-state index is -0.500. The van der Waals surface area contributed by atoms with Gasteiger partial charge < -0.3 is 15.0 Å². The number of likely N-dealkylation sites (N-methyl/N-ethyl adjacent to an activating group) is 1. The molecule has 2 unspecified atom stereocenters. The van der Waals surface area contributed by atoms with Gasteiger partial charge in [-0.1, -0.05) is 12.1 Å². The third kappa shape index (κ3) is 2.71. The average Bonchev–Trinajstić information content (AvgIpc) is 3.26. The molecule has 2 aliphatic carbocycles. The molecule has 4 atom stereocenters. The van der Waals surface area contributed by atoms with Crippen LogP contribution in [-0.2, 0) is 17.0 Å². The van der Waals surface area contributed by atoms with Gasteiger partial charge >= 0.3 is 0 Å². The van der Waals surface area contributed by atoms with Crippen LogP contribution in [0.3, 0.4) is 0 Å². The maximum absolute atomic E-state index is 11.6. The van der Waals surface area contributed by atoms with E-state index in [1.54, 1.807) is 6.08 Å². The first-order valence-corrected chi connectivity index (χ1v) is 10.5. The zero-order chi connectivity index (χ0) is 18.7. The van der Waals surface area contributed by atoms with Crippen molar-refractivity contribution in [1.82, 2.24) is 9.88 Å². The zero-order valence-electron chi connectivity index (χ0n) is 15.6. The quantitative estimate of drug-likeness (QED) is 0.715. The van der Waals surface area contributed by atoms with Crippen molar-refractivity contribution in [2.45, 2.75) is 49.5 Å². The molecule has 1 aromatic carbocycles. The maximum atomic E-state index is 11.6. The van der Waals surface area contributed by atoms with E-state index in [4.69, 9.17) is 0 Å². The summed E-state index contributed by atoms with van der Waals surface area (Å²) < 4.78 is 0. The van der Waals surface area contributed by atoms with Gasteiger partial charge in [0.15, 0.2) is 5.78 Å². The first kappa shape index (κ1) is 17.5. The number of benzene rings is 1. The van der Waals surface area contributed by atoms with Gasteiger partial charge in [-0.05, 0) is 55.2 Å². The molecule has 5 rings (SSSR count). The highest BCUT2D eigenvalue weighted by Crippen LogP contribution is 2.46. The number of aromatic amines is 1. The maximum Gasteiger partial charge on any atom is 0.156 e. The van der Waals surface area contributed by atoms with E-state index in [0.717, 1.165) is 37.1 Å². The van der Waals surface area contributed by atoms with E-state index in [1.165, 1.54) is 27.7 Å². The van der Waals surface area contributed by atoms with Gasteiger partial charge in [-0.3, -0.25) is 4.79 Å². The van der Waals surface area contributed by atoms with E-state index < -0.39 is 6.10 Å². The second-order valence-electron chi connectivity index (χ2n) is 8.45. The molecular formula is C22H26N2O2S. The number of nitrogens with one attached hydrogen (secondary N) is 1. The number of carbonyl (C=O) groups excluding carboxylic acids is 1. The molecule has 0 bridgehead atoms. The largest absolute Gasteiger partial charge is 0.388 e. The van der Waals surface area contributed by atoms with Crippen molar-refractivity contribution in [1.29, 1.82) is 0 Å². The van der Waals surface area contributed by atoms with E-state index in [1.807, 2.05) is 0 Å². The molecule has 2 aromatic rings. The van der Waals surface area contributed by atoms with Gasteiger partial charge in [-0.15, -0.1) is 0 Å². The minimum Gasteiger partial charge on any atom is -0.388 e. The van der Waals surface area contributed by atoms with Gasteiger partial charge in [0.05, 0.1) is 6.10 Å². The monoisotopic (exact) mass is 382 g/mol. The van der Waals surface area contributed by atoms with Crippen LogP contribution in [0.4, 0.5) is 0 Å². The third-order valence-corrected chi connectivity index (χ3v) is 7.28. The molecule has 1 aromatic heterocycles. The number of aliphatic hydroxyl groups excluding tert-OH is 1. The number of aliphatic hydroxyl groups is 1. The van der Waals surface area contributed by atoms with Crippen LogP contribution in [0.15, 0.2) is 29.8 Å². The Bertz CT molecular complexity index is 947. The van der Waals surface area contributed by atoms with Crippen molar-refractivity contribution in [3.05, 3.63) is 46.7 Å². The van der Waals surface area contributed by atoms with Crippen LogP contribution in [-0.4, -0.2) is 46.5 Å². The summed E-state index contributed by atoms with van der Waals surface area (Å²) in [5.74, 6) is 1.48. The van der Waals surface area contributed by atoms with Gasteiger partial charge in [0.1, 0.15) is 0 Å². The molecule has 2 heterocycles. The van der Waals surface area contributed by atoms with Gasteiger partial charge in [0.2, 0.25) is 0 Å². The first-order valence-electron chi connectivity index (χ1n) is 9.91. The van der Waals surface area contributed by atoms with E-state index in [-0.39, 0.29) is 11.7 Å². The van der Waals surface area contributed by atoms with Crippen molar-refractivity contribution in [3.8, 4) is 0 Å². The standard InChI is InChI=1S/C22H26N2O2S/c1-24-10-13(22(26)12-5-6-14(25)7-12)8-16-15-3-2-4-18-21(15)17(9-20(16)24)19(11-27)23-18/h2-4,7,13,16,20,22-23,26-27H,5-6,8-11H2,1H3/t13?,16-,20-,22?/m1/s1. The van der Waals surface area contributed by atoms with Crippen LogP contribution in [0.2, 0.25) is 0 Å². The van der Waals surface area contributed by atoms with Gasteiger partial charge in [0, 0.05) is 53.2 Å². The highest BCUT2D eigenvalue weighted by Gasteiger charge is 2.42. The van der Waals surface area contributed by atoms with Crippen LogP contribution >= 0.6 is 12.6 Å². The van der Waals surface area contributed by atoms with Crippen molar-refractivity contribution in [2.24, 2.45) is 5.92 Å². The van der Waals surface area contributed by atoms with Gasteiger partial charge in [-0.25, -0.2) is 0 Å². The fourth-order valence-electron chi connectivity index (χ4n) is 5.66. The average molecular weight is 383 g/mol. The molecule has 0 saturated carbocycles. The summed E-state index contributed by atoms with van der Waals surface area (Å²) in [5, 5.41) is 12.3. The van der Waals surface area contributed by atoms with E-state index >= 15 is 0 Å². The van der Waals surface area contributed by atoms with Crippen molar-refractivity contribution < 1.29 is 9.90 Å². The number of rotatable bonds is 3. The number of hydrogen-bond acceptors (Lipinski definition) is 4. The normalized spacial score (nSPS) is 29.1. The summed E-state index contributed by atoms with van der Waals surface area (Å²) >= 11 is 4.53. The molecule has 3 aliphatic rings. The van der Waals surface area contributed by atoms with E-state index in [0.29, 0.717) is 18.4 Å². The van der Waals surface area contributed by atoms with Crippen molar-refractivity contribution in [3.63, 3.8) is 0 Å². The zero-order valence-corrected chi connectivity index (χ0v) is 16.5. The highest BCUT2D eigenvalue weighted by molar-refractivity contribution is 7.79. The summed E-state index contributed by atoms with van der Waals surface area (Å²) in [6.45, 7) is 0.875. The van der Waals surface area contributed by atoms with Crippen LogP contribution in [0.25, 0.3) is 10.9 Å². The fourth-order valence-corrected chi connectivity index (χ4v) is 5.93. The Kier molecular flexibility index (Phi) is 4.22. The van der Waals surface area contributed by atoms with E-state index in [9.17, 15) is 9.90 Å². The molecule has 1 aliphatic heterocycles. The Hall–Kier alpha value is -1.56. The Labute approximate surface area is 165 Å². The van der Waals surface area contributed by atoms with Crippen LogP contribution in [0.1, 0.15) is 42.0 Å². The number of allylic oxidation sites excluding steroid dienone is 1. The molecule has 0 radical (unpaired) electrons. The number of nitrogens with zero attached hydrogens (tertiary/aromatic N) is 1. The van der Waals surface area contributed by atoms with Crippen molar-refractivity contribution in [2.75, 3.05) is 13.6 Å². The number of likely N-dealkylation sites (tertiary alicyclic amines) is 1. The first-order chi connectivity index (χ1) is 13.1. The lowest BCUT2D eigenvalue weighted by Gasteiger charge is -2.47. The number of ketones is 1. The number of fused-ring (bicyclic) bond motifs is 2. The second-order valence-corrected chi connectivity index (χ2v) is 8.77. The fraction of sp³-hybridized carbons (Fsp3) is 0.500. The highest BCUT2D eigenvalue weighted by atomic mass is 32.1. The summed E-state index contributed by atoms with van der Waals surface area (Å²) in [6.07, 6.45) is 4.47. The molecule has 5 heteroatoms. The molecule has 1 fully saturated rings. The lowest BCUT2D eigenvalue weighted by atomic mass is 9.70. The summed E-state index contributed by atoms with van der Waals surface area (Å²) in [7, 11) is 2.18. The number of aromatic nitrogens is 1. The summed E-state index contributed by atoms with van der Waals surface area (Å²) in [4.78, 5) is 17.6. The van der Waals surface area contributed by atoms with Gasteiger partial charge in [0.25, 0.3) is 0 Å². The molecule has 2 N–H and O–H groups in total. The molecule has 0 spiro atoms. The number of hydrogen-bond donors (Lipinski definition) is 3. The molecule has 142 valence electrons. The smallest absolute Gasteiger partial charge is 0.156 e. The Morgan fingerprint density at radius 1 is 1.37 bits per heavy atom. The van der Waals surface area contributed by atoms with E-state index in [2.05, 4.69) is 47.8 Å². The molecule has 4 nitrogen and oxygen atoms in total. The van der Waals surface area contributed by atoms with Crippen LogP contribution < -0.4 is 0 Å².